The van der Waals surface area contributed by atoms with Crippen molar-refractivity contribution >= 4 is 5.91 Å². The van der Waals surface area contributed by atoms with Crippen LogP contribution in [0, 0.1) is 11.7 Å². The van der Waals surface area contributed by atoms with Gasteiger partial charge in [0, 0.05) is 13.1 Å². The van der Waals surface area contributed by atoms with Crippen LogP contribution in [-0.2, 0) is 11.2 Å². The predicted octanol–water partition coefficient (Wildman–Crippen LogP) is 1.97. The van der Waals surface area contributed by atoms with Gasteiger partial charge in [0.05, 0.1) is 26.2 Å². The molecule has 7 heteroatoms. The van der Waals surface area contributed by atoms with Crippen LogP contribution < -0.4 is 25.6 Å². The lowest BCUT2D eigenvalue weighted by atomic mass is 9.94. The molecule has 1 amide bonds. The van der Waals surface area contributed by atoms with Crippen molar-refractivity contribution < 1.29 is 18.7 Å². The van der Waals surface area contributed by atoms with Gasteiger partial charge in [0.15, 0.2) is 11.5 Å². The number of rotatable bonds is 7. The molecule has 3 N–H and O–H groups in total. The average Bonchev–Trinajstić information content (AvgIpc) is 3.18. The molecule has 0 aliphatic carbocycles. The van der Waals surface area contributed by atoms with Gasteiger partial charge in [0.25, 0.3) is 0 Å². The minimum Gasteiger partial charge on any atom is -0.493 e. The summed E-state index contributed by atoms with van der Waals surface area (Å²) in [5, 5.41) is 2.99. The van der Waals surface area contributed by atoms with Gasteiger partial charge in [0.1, 0.15) is 5.82 Å². The van der Waals surface area contributed by atoms with E-state index in [0.717, 1.165) is 11.1 Å². The van der Waals surface area contributed by atoms with E-state index in [2.05, 4.69) is 16.2 Å². The SMILES string of the molecule is COc1ccc(CCNC(=O)C2CNNC2c2ccc(F)cc2)cc1OC. The van der Waals surface area contributed by atoms with Crippen LogP contribution in [0.5, 0.6) is 11.5 Å². The third-order valence-electron chi connectivity index (χ3n) is 4.71. The number of ether oxygens (including phenoxy) is 2. The van der Waals surface area contributed by atoms with Crippen molar-refractivity contribution in [2.45, 2.75) is 12.5 Å². The molecule has 2 aromatic rings. The maximum Gasteiger partial charge on any atom is 0.226 e. The molecule has 2 unspecified atom stereocenters. The Morgan fingerprint density at radius 1 is 1.15 bits per heavy atom. The normalized spacial score (nSPS) is 18.9. The smallest absolute Gasteiger partial charge is 0.226 e. The second-order valence-electron chi connectivity index (χ2n) is 6.39. The number of methoxy groups -OCH3 is 2. The number of halogens is 1. The quantitative estimate of drug-likeness (QED) is 0.692. The number of amides is 1. The van der Waals surface area contributed by atoms with E-state index >= 15 is 0 Å². The zero-order chi connectivity index (χ0) is 19.2. The summed E-state index contributed by atoms with van der Waals surface area (Å²) in [7, 11) is 3.19. The van der Waals surface area contributed by atoms with Crippen LogP contribution in [0.4, 0.5) is 4.39 Å². The van der Waals surface area contributed by atoms with Crippen LogP contribution in [0.25, 0.3) is 0 Å². The van der Waals surface area contributed by atoms with Crippen LogP contribution in [0.1, 0.15) is 17.2 Å². The molecular weight excluding hydrogens is 349 g/mol. The van der Waals surface area contributed by atoms with Gasteiger partial charge in [0.2, 0.25) is 5.91 Å². The summed E-state index contributed by atoms with van der Waals surface area (Å²) in [4.78, 5) is 12.6. The molecule has 0 saturated carbocycles. The van der Waals surface area contributed by atoms with Crippen molar-refractivity contribution in [2.24, 2.45) is 5.92 Å². The van der Waals surface area contributed by atoms with Crippen molar-refractivity contribution in [3.8, 4) is 11.5 Å². The second kappa shape index (κ2) is 8.83. The number of nitrogens with one attached hydrogen (secondary N) is 3. The Balaban J connectivity index is 1.56. The fraction of sp³-hybridized carbons (Fsp3) is 0.350. The van der Waals surface area contributed by atoms with E-state index in [1.165, 1.54) is 12.1 Å². The van der Waals surface area contributed by atoms with Crippen molar-refractivity contribution in [2.75, 3.05) is 27.3 Å². The molecule has 0 radical (unpaired) electrons. The Bertz CT molecular complexity index is 783. The highest BCUT2D eigenvalue weighted by Crippen LogP contribution is 2.28. The van der Waals surface area contributed by atoms with Crippen molar-refractivity contribution in [3.05, 3.63) is 59.4 Å². The highest BCUT2D eigenvalue weighted by molar-refractivity contribution is 5.80. The molecule has 1 aliphatic heterocycles. The van der Waals surface area contributed by atoms with E-state index in [-0.39, 0.29) is 23.7 Å². The van der Waals surface area contributed by atoms with Gasteiger partial charge in [-0.2, -0.15) is 0 Å². The third kappa shape index (κ3) is 4.56. The maximum atomic E-state index is 13.1. The summed E-state index contributed by atoms with van der Waals surface area (Å²) in [6, 6.07) is 11.7. The number of hydrogen-bond donors (Lipinski definition) is 3. The number of carbonyl (C=O) groups is 1. The molecule has 1 fully saturated rings. The van der Waals surface area contributed by atoms with Gasteiger partial charge in [-0.3, -0.25) is 10.2 Å². The Morgan fingerprint density at radius 2 is 1.89 bits per heavy atom. The summed E-state index contributed by atoms with van der Waals surface area (Å²) in [5.74, 6) is 0.751. The molecule has 1 heterocycles. The first kappa shape index (κ1) is 19.1. The van der Waals surface area contributed by atoms with Crippen molar-refractivity contribution in [1.82, 2.24) is 16.2 Å². The summed E-state index contributed by atoms with van der Waals surface area (Å²) in [6.45, 7) is 1.03. The molecule has 27 heavy (non-hydrogen) atoms. The molecule has 3 rings (SSSR count). The summed E-state index contributed by atoms with van der Waals surface area (Å²) in [5.41, 5.74) is 8.04. The molecule has 0 aromatic heterocycles. The lowest BCUT2D eigenvalue weighted by Crippen LogP contribution is -2.36. The molecule has 6 nitrogen and oxygen atoms in total. The minimum absolute atomic E-state index is 0.0395. The van der Waals surface area contributed by atoms with E-state index in [1.807, 2.05) is 18.2 Å². The molecule has 144 valence electrons. The molecule has 1 saturated heterocycles. The highest BCUT2D eigenvalue weighted by atomic mass is 19.1. The first-order chi connectivity index (χ1) is 13.1. The number of hydrazine groups is 1. The fourth-order valence-electron chi connectivity index (χ4n) is 3.22. The Labute approximate surface area is 158 Å². The van der Waals surface area contributed by atoms with E-state index in [1.54, 1.807) is 26.4 Å². The van der Waals surface area contributed by atoms with Crippen LogP contribution in [0.15, 0.2) is 42.5 Å². The Kier molecular flexibility index (Phi) is 6.26. The minimum atomic E-state index is -0.291. The standard InChI is InChI=1S/C20H24FN3O3/c1-26-17-8-3-13(11-18(17)27-2)9-10-22-20(25)16-12-23-24-19(16)14-4-6-15(21)7-5-14/h3-8,11,16,19,23-24H,9-10,12H2,1-2H3,(H,22,25). The Morgan fingerprint density at radius 3 is 2.59 bits per heavy atom. The lowest BCUT2D eigenvalue weighted by molar-refractivity contribution is -0.124. The topological polar surface area (TPSA) is 71.6 Å². The average molecular weight is 373 g/mol. The van der Waals surface area contributed by atoms with Crippen LogP contribution >= 0.6 is 0 Å². The van der Waals surface area contributed by atoms with E-state index in [0.29, 0.717) is 31.0 Å². The van der Waals surface area contributed by atoms with Gasteiger partial charge in [-0.25, -0.2) is 9.82 Å². The van der Waals surface area contributed by atoms with Crippen LogP contribution in [-0.4, -0.2) is 33.2 Å². The number of carbonyl (C=O) groups excluding carboxylic acids is 1. The summed E-state index contributed by atoms with van der Waals surface area (Å²) in [6.07, 6.45) is 0.681. The fourth-order valence-corrected chi connectivity index (χ4v) is 3.22. The van der Waals surface area contributed by atoms with Gasteiger partial charge >= 0.3 is 0 Å². The molecule has 0 spiro atoms. The first-order valence-electron chi connectivity index (χ1n) is 8.85. The largest absolute Gasteiger partial charge is 0.493 e. The summed E-state index contributed by atoms with van der Waals surface area (Å²) >= 11 is 0. The molecule has 1 aliphatic rings. The monoisotopic (exact) mass is 373 g/mol. The van der Waals surface area contributed by atoms with Crippen molar-refractivity contribution in [1.29, 1.82) is 0 Å². The maximum absolute atomic E-state index is 13.1. The van der Waals surface area contributed by atoms with Crippen LogP contribution in [0.2, 0.25) is 0 Å². The van der Waals surface area contributed by atoms with E-state index in [9.17, 15) is 9.18 Å². The van der Waals surface area contributed by atoms with Gasteiger partial charge in [-0.1, -0.05) is 18.2 Å². The van der Waals surface area contributed by atoms with Crippen molar-refractivity contribution in [3.63, 3.8) is 0 Å². The summed E-state index contributed by atoms with van der Waals surface area (Å²) < 4.78 is 23.7. The van der Waals surface area contributed by atoms with Gasteiger partial charge in [-0.05, 0) is 41.8 Å². The second-order valence-corrected chi connectivity index (χ2v) is 6.39. The molecule has 0 bridgehead atoms. The molecule has 2 aromatic carbocycles. The van der Waals surface area contributed by atoms with Crippen LogP contribution in [0.3, 0.4) is 0 Å². The molecule has 2 atom stereocenters. The number of hydrogen-bond acceptors (Lipinski definition) is 5. The zero-order valence-electron chi connectivity index (χ0n) is 15.4. The Hall–Kier alpha value is -2.64. The van der Waals surface area contributed by atoms with E-state index < -0.39 is 0 Å². The predicted molar refractivity (Wildman–Crippen MR) is 100 cm³/mol. The van der Waals surface area contributed by atoms with Gasteiger partial charge < -0.3 is 14.8 Å². The zero-order valence-corrected chi connectivity index (χ0v) is 15.4. The highest BCUT2D eigenvalue weighted by Gasteiger charge is 2.33. The molecular formula is C20H24FN3O3. The third-order valence-corrected chi connectivity index (χ3v) is 4.71. The van der Waals surface area contributed by atoms with Gasteiger partial charge in [-0.15, -0.1) is 0 Å². The number of benzene rings is 2. The lowest BCUT2D eigenvalue weighted by Gasteiger charge is -2.18. The van der Waals surface area contributed by atoms with E-state index in [4.69, 9.17) is 9.47 Å². The first-order valence-corrected chi connectivity index (χ1v) is 8.85.